The van der Waals surface area contributed by atoms with Crippen LogP contribution in [0.4, 0.5) is 5.69 Å². The molecule has 0 bridgehead atoms. The van der Waals surface area contributed by atoms with Crippen molar-refractivity contribution in [2.75, 3.05) is 10.8 Å². The van der Waals surface area contributed by atoms with Crippen molar-refractivity contribution in [1.29, 1.82) is 5.26 Å². The van der Waals surface area contributed by atoms with Crippen LogP contribution in [0.3, 0.4) is 0 Å². The Balaban J connectivity index is 1.91. The first kappa shape index (κ1) is 13.3. The molecule has 0 spiro atoms. The molecule has 1 unspecified atom stereocenters. The highest BCUT2D eigenvalue weighted by Crippen LogP contribution is 2.33. The summed E-state index contributed by atoms with van der Waals surface area (Å²) in [4.78, 5) is 0.722. The van der Waals surface area contributed by atoms with Gasteiger partial charge >= 0.3 is 0 Å². The second-order valence-corrected chi connectivity index (χ2v) is 6.84. The number of anilines is 1. The molecule has 0 saturated heterocycles. The number of nitrogens with zero attached hydrogens (tertiary/aromatic N) is 2. The van der Waals surface area contributed by atoms with Crippen LogP contribution in [0.5, 0.6) is 0 Å². The molecule has 5 heteroatoms. The van der Waals surface area contributed by atoms with Crippen LogP contribution in [0.1, 0.15) is 11.1 Å². The molecule has 0 amide bonds. The van der Waals surface area contributed by atoms with Gasteiger partial charge in [-0.05, 0) is 54.4 Å². The summed E-state index contributed by atoms with van der Waals surface area (Å²) in [5.41, 5.74) is 2.81. The van der Waals surface area contributed by atoms with Crippen molar-refractivity contribution < 1.29 is 4.21 Å². The molecule has 3 rings (SSSR count). The summed E-state index contributed by atoms with van der Waals surface area (Å²) in [6.07, 6.45) is 0.900. The fourth-order valence-corrected chi connectivity index (χ4v) is 3.93. The van der Waals surface area contributed by atoms with Crippen molar-refractivity contribution in [3.63, 3.8) is 0 Å². The Morgan fingerprint density at radius 2 is 1.95 bits per heavy atom. The molecule has 2 aromatic rings. The molecule has 100 valence electrons. The van der Waals surface area contributed by atoms with Crippen LogP contribution in [-0.4, -0.2) is 10.8 Å². The van der Waals surface area contributed by atoms with Gasteiger partial charge in [0.25, 0.3) is 0 Å². The van der Waals surface area contributed by atoms with Crippen LogP contribution in [0, 0.1) is 11.3 Å². The lowest BCUT2D eigenvalue weighted by molar-refractivity contribution is 0.680. The predicted octanol–water partition coefficient (Wildman–Crippen LogP) is 3.41. The summed E-state index contributed by atoms with van der Waals surface area (Å²) in [7, 11) is -1.23. The van der Waals surface area contributed by atoms with E-state index in [1.165, 1.54) is 5.56 Å². The minimum atomic E-state index is -1.23. The third-order valence-electron chi connectivity index (χ3n) is 3.28. The summed E-state index contributed by atoms with van der Waals surface area (Å²) in [6, 6.07) is 15.0. The van der Waals surface area contributed by atoms with Crippen LogP contribution in [0.2, 0.25) is 0 Å². The minimum absolute atomic E-state index is 0.580. The van der Waals surface area contributed by atoms with E-state index in [1.54, 1.807) is 24.3 Å². The third-order valence-corrected chi connectivity index (χ3v) is 5.23. The Kier molecular flexibility index (Phi) is 3.60. The summed E-state index contributed by atoms with van der Waals surface area (Å²) >= 11 is 3.46. The van der Waals surface area contributed by atoms with Gasteiger partial charge in [-0.1, -0.05) is 15.9 Å². The Labute approximate surface area is 128 Å². The largest absolute Gasteiger partial charge is 0.287 e. The standard InChI is InChI=1S/C15H11BrN2OS/c16-13-3-6-15-12(9-13)7-8-18(15)20(19)14-4-1-11(10-17)2-5-14/h1-6,9H,7-8H2. The molecule has 1 heterocycles. The van der Waals surface area contributed by atoms with Gasteiger partial charge in [-0.25, -0.2) is 4.21 Å². The first-order valence-electron chi connectivity index (χ1n) is 6.17. The maximum atomic E-state index is 12.6. The topological polar surface area (TPSA) is 44.1 Å². The Morgan fingerprint density at radius 1 is 1.20 bits per heavy atom. The summed E-state index contributed by atoms with van der Waals surface area (Å²) in [5.74, 6) is 0. The zero-order chi connectivity index (χ0) is 14.1. The molecular formula is C15H11BrN2OS. The SMILES string of the molecule is N#Cc1ccc(S(=O)N2CCc3cc(Br)ccc32)cc1. The number of hydrogen-bond acceptors (Lipinski definition) is 2. The first-order valence-corrected chi connectivity index (χ1v) is 8.07. The van der Waals surface area contributed by atoms with Crippen molar-refractivity contribution in [3.8, 4) is 6.07 Å². The molecular weight excluding hydrogens is 336 g/mol. The lowest BCUT2D eigenvalue weighted by atomic mass is 10.2. The first-order chi connectivity index (χ1) is 9.69. The smallest absolute Gasteiger partial charge is 0.152 e. The van der Waals surface area contributed by atoms with Crippen LogP contribution >= 0.6 is 15.9 Å². The Bertz CT molecular complexity index is 722. The van der Waals surface area contributed by atoms with E-state index in [1.807, 2.05) is 16.4 Å². The van der Waals surface area contributed by atoms with Crippen molar-refractivity contribution in [2.45, 2.75) is 11.3 Å². The van der Waals surface area contributed by atoms with Gasteiger partial charge in [0.15, 0.2) is 11.0 Å². The highest BCUT2D eigenvalue weighted by atomic mass is 79.9. The average Bonchev–Trinajstić information content (AvgIpc) is 2.89. The van der Waals surface area contributed by atoms with E-state index in [2.05, 4.69) is 28.1 Å². The lowest BCUT2D eigenvalue weighted by Crippen LogP contribution is -2.23. The van der Waals surface area contributed by atoms with Crippen molar-refractivity contribution >= 4 is 32.6 Å². The van der Waals surface area contributed by atoms with Gasteiger partial charge < -0.3 is 0 Å². The minimum Gasteiger partial charge on any atom is -0.287 e. The molecule has 3 nitrogen and oxygen atoms in total. The van der Waals surface area contributed by atoms with Gasteiger partial charge in [0.05, 0.1) is 22.2 Å². The maximum absolute atomic E-state index is 12.6. The number of fused-ring (bicyclic) bond motifs is 1. The highest BCUT2D eigenvalue weighted by molar-refractivity contribution is 9.10. The Morgan fingerprint density at radius 3 is 2.65 bits per heavy atom. The number of benzene rings is 2. The monoisotopic (exact) mass is 346 g/mol. The summed E-state index contributed by atoms with van der Waals surface area (Å²) < 4.78 is 15.6. The molecule has 0 radical (unpaired) electrons. The average molecular weight is 347 g/mol. The fourth-order valence-electron chi connectivity index (χ4n) is 2.29. The van der Waals surface area contributed by atoms with E-state index in [-0.39, 0.29) is 0 Å². The Hall–Kier alpha value is -1.64. The zero-order valence-corrected chi connectivity index (χ0v) is 12.9. The molecule has 1 atom stereocenters. The van der Waals surface area contributed by atoms with E-state index in [4.69, 9.17) is 5.26 Å². The summed E-state index contributed by atoms with van der Waals surface area (Å²) in [6.45, 7) is 0.748. The van der Waals surface area contributed by atoms with E-state index in [0.717, 1.165) is 28.0 Å². The van der Waals surface area contributed by atoms with Gasteiger partial charge in [-0.15, -0.1) is 0 Å². The fraction of sp³-hybridized carbons (Fsp3) is 0.133. The van der Waals surface area contributed by atoms with Crippen LogP contribution in [-0.2, 0) is 17.4 Å². The van der Waals surface area contributed by atoms with Gasteiger partial charge in [0.2, 0.25) is 0 Å². The maximum Gasteiger partial charge on any atom is 0.152 e. The molecule has 0 saturated carbocycles. The highest BCUT2D eigenvalue weighted by Gasteiger charge is 2.24. The van der Waals surface area contributed by atoms with Crippen LogP contribution in [0.25, 0.3) is 0 Å². The molecule has 0 fully saturated rings. The van der Waals surface area contributed by atoms with Gasteiger partial charge in [0, 0.05) is 11.0 Å². The van der Waals surface area contributed by atoms with Crippen molar-refractivity contribution in [2.24, 2.45) is 0 Å². The van der Waals surface area contributed by atoms with Crippen LogP contribution < -0.4 is 4.31 Å². The number of hydrogen-bond donors (Lipinski definition) is 0. The molecule has 0 aliphatic carbocycles. The number of halogens is 1. The normalized spacial score (nSPS) is 14.7. The summed E-state index contributed by atoms with van der Waals surface area (Å²) in [5, 5.41) is 8.79. The quantitative estimate of drug-likeness (QED) is 0.836. The molecule has 20 heavy (non-hydrogen) atoms. The van der Waals surface area contributed by atoms with Gasteiger partial charge in [-0.3, -0.25) is 4.31 Å². The molecule has 0 aromatic heterocycles. The van der Waals surface area contributed by atoms with Gasteiger partial charge in [-0.2, -0.15) is 5.26 Å². The number of rotatable bonds is 2. The van der Waals surface area contributed by atoms with E-state index in [9.17, 15) is 4.21 Å². The van der Waals surface area contributed by atoms with Gasteiger partial charge in [0.1, 0.15) is 0 Å². The second kappa shape index (κ2) is 5.39. The number of nitriles is 1. The van der Waals surface area contributed by atoms with Crippen molar-refractivity contribution in [1.82, 2.24) is 0 Å². The predicted molar refractivity (Wildman–Crippen MR) is 82.8 cm³/mol. The molecule has 2 aromatic carbocycles. The lowest BCUT2D eigenvalue weighted by Gasteiger charge is -2.18. The zero-order valence-electron chi connectivity index (χ0n) is 10.5. The second-order valence-electron chi connectivity index (χ2n) is 4.51. The van der Waals surface area contributed by atoms with E-state index >= 15 is 0 Å². The van der Waals surface area contributed by atoms with E-state index < -0.39 is 11.0 Å². The molecule has 1 aliphatic rings. The third kappa shape index (κ3) is 2.37. The van der Waals surface area contributed by atoms with Crippen molar-refractivity contribution in [3.05, 3.63) is 58.1 Å². The van der Waals surface area contributed by atoms with E-state index in [0.29, 0.717) is 5.56 Å². The van der Waals surface area contributed by atoms with Crippen LogP contribution in [0.15, 0.2) is 51.8 Å². The molecule has 1 aliphatic heterocycles. The molecule has 0 N–H and O–H groups in total.